The van der Waals surface area contributed by atoms with Crippen molar-refractivity contribution in [2.45, 2.75) is 19.4 Å². The Balaban J connectivity index is 0.00000256. The van der Waals surface area contributed by atoms with Crippen LogP contribution in [0.15, 0.2) is 18.2 Å². The van der Waals surface area contributed by atoms with Crippen molar-refractivity contribution in [3.8, 4) is 0 Å². The number of hydrogen-bond acceptors (Lipinski definition) is 2. The second-order valence-corrected chi connectivity index (χ2v) is 4.73. The quantitative estimate of drug-likeness (QED) is 0.893. The Morgan fingerprint density at radius 3 is 2.65 bits per heavy atom. The molecule has 3 nitrogen and oxygen atoms in total. The molecule has 96 valence electrons. The normalized spacial score (nSPS) is 10.6. The fourth-order valence-electron chi connectivity index (χ4n) is 1.07. The molecule has 3 N–H and O–H groups in total. The van der Waals surface area contributed by atoms with Crippen LogP contribution in [-0.2, 0) is 0 Å². The van der Waals surface area contributed by atoms with Crippen molar-refractivity contribution in [1.82, 2.24) is 5.32 Å². The Labute approximate surface area is 111 Å². The van der Waals surface area contributed by atoms with Gasteiger partial charge in [0.15, 0.2) is 0 Å². The van der Waals surface area contributed by atoms with Crippen LogP contribution in [0.5, 0.6) is 0 Å². The molecule has 17 heavy (non-hydrogen) atoms. The van der Waals surface area contributed by atoms with Crippen molar-refractivity contribution in [3.63, 3.8) is 0 Å². The predicted octanol–water partition coefficient (Wildman–Crippen LogP) is 2.37. The highest BCUT2D eigenvalue weighted by atomic mass is 35.5. The van der Waals surface area contributed by atoms with E-state index in [1.54, 1.807) is 13.8 Å². The molecule has 0 aliphatic rings. The van der Waals surface area contributed by atoms with Gasteiger partial charge in [-0.2, -0.15) is 0 Å². The van der Waals surface area contributed by atoms with Gasteiger partial charge in [0.1, 0.15) is 5.82 Å². The maximum atomic E-state index is 13.3. The molecule has 0 aromatic heterocycles. The lowest BCUT2D eigenvalue weighted by Gasteiger charge is -2.19. The van der Waals surface area contributed by atoms with Gasteiger partial charge in [0.2, 0.25) is 0 Å². The summed E-state index contributed by atoms with van der Waals surface area (Å²) in [6.45, 7) is 3.79. The molecule has 0 bridgehead atoms. The van der Waals surface area contributed by atoms with Crippen molar-refractivity contribution < 1.29 is 9.18 Å². The summed E-state index contributed by atoms with van der Waals surface area (Å²) in [6, 6.07) is 3.83. The lowest BCUT2D eigenvalue weighted by molar-refractivity contribution is 0.0942. The summed E-state index contributed by atoms with van der Waals surface area (Å²) < 4.78 is 13.3. The molecule has 0 spiro atoms. The van der Waals surface area contributed by atoms with Gasteiger partial charge in [0.05, 0.1) is 5.56 Å². The standard InChI is InChI=1S/C11H14ClFN2O.ClH/c1-11(2,14)6-15-10(16)8-5-7(12)3-4-9(8)13;/h3-5H,6,14H2,1-2H3,(H,15,16);1H. The highest BCUT2D eigenvalue weighted by Gasteiger charge is 2.16. The van der Waals surface area contributed by atoms with E-state index in [2.05, 4.69) is 5.32 Å². The molecule has 0 aliphatic heterocycles. The SMILES string of the molecule is CC(C)(N)CNC(=O)c1cc(Cl)ccc1F.Cl. The van der Waals surface area contributed by atoms with Gasteiger partial charge in [-0.15, -0.1) is 12.4 Å². The Morgan fingerprint density at radius 2 is 2.12 bits per heavy atom. The number of benzene rings is 1. The molecule has 0 fully saturated rings. The zero-order valence-corrected chi connectivity index (χ0v) is 11.2. The molecule has 6 heteroatoms. The molecule has 0 radical (unpaired) electrons. The van der Waals surface area contributed by atoms with E-state index < -0.39 is 17.3 Å². The van der Waals surface area contributed by atoms with Gasteiger partial charge < -0.3 is 11.1 Å². The summed E-state index contributed by atoms with van der Waals surface area (Å²) in [5.74, 6) is -1.12. The third kappa shape index (κ3) is 5.35. The van der Waals surface area contributed by atoms with Crippen LogP contribution < -0.4 is 11.1 Å². The summed E-state index contributed by atoms with van der Waals surface area (Å²) in [7, 11) is 0. The first-order valence-electron chi connectivity index (χ1n) is 4.82. The number of carbonyl (C=O) groups excluding carboxylic acids is 1. The van der Waals surface area contributed by atoms with Crippen LogP contribution in [0.2, 0.25) is 5.02 Å². The fourth-order valence-corrected chi connectivity index (χ4v) is 1.25. The minimum Gasteiger partial charge on any atom is -0.350 e. The van der Waals surface area contributed by atoms with Crippen LogP contribution >= 0.6 is 24.0 Å². The van der Waals surface area contributed by atoms with Gasteiger partial charge in [0.25, 0.3) is 5.91 Å². The molecule has 0 aliphatic carbocycles. The molecule has 1 amide bonds. The first-order chi connectivity index (χ1) is 7.29. The van der Waals surface area contributed by atoms with E-state index in [-0.39, 0.29) is 24.5 Å². The van der Waals surface area contributed by atoms with Crippen molar-refractivity contribution in [3.05, 3.63) is 34.6 Å². The van der Waals surface area contributed by atoms with Gasteiger partial charge >= 0.3 is 0 Å². The van der Waals surface area contributed by atoms with E-state index in [4.69, 9.17) is 17.3 Å². The summed E-state index contributed by atoms with van der Waals surface area (Å²) in [5, 5.41) is 2.86. The number of nitrogens with two attached hydrogens (primary N) is 1. The highest BCUT2D eigenvalue weighted by molar-refractivity contribution is 6.30. The maximum absolute atomic E-state index is 13.3. The largest absolute Gasteiger partial charge is 0.350 e. The van der Waals surface area contributed by atoms with E-state index in [9.17, 15) is 9.18 Å². The molecular weight excluding hydrogens is 266 g/mol. The first-order valence-corrected chi connectivity index (χ1v) is 5.19. The van der Waals surface area contributed by atoms with Gasteiger partial charge in [0, 0.05) is 17.1 Å². The van der Waals surface area contributed by atoms with Crippen LogP contribution in [0.3, 0.4) is 0 Å². The summed E-state index contributed by atoms with van der Waals surface area (Å²) in [5.41, 5.74) is 5.09. The average Bonchev–Trinajstić information content (AvgIpc) is 2.17. The number of nitrogens with one attached hydrogen (secondary N) is 1. The van der Waals surface area contributed by atoms with E-state index in [1.807, 2.05) is 0 Å². The smallest absolute Gasteiger partial charge is 0.254 e. The van der Waals surface area contributed by atoms with Crippen LogP contribution in [0.4, 0.5) is 4.39 Å². The van der Waals surface area contributed by atoms with Crippen molar-refractivity contribution in [2.24, 2.45) is 5.73 Å². The van der Waals surface area contributed by atoms with Crippen LogP contribution in [0.1, 0.15) is 24.2 Å². The lowest BCUT2D eigenvalue weighted by Crippen LogP contribution is -2.45. The zero-order valence-electron chi connectivity index (χ0n) is 9.59. The lowest BCUT2D eigenvalue weighted by atomic mass is 10.1. The highest BCUT2D eigenvalue weighted by Crippen LogP contribution is 2.14. The molecule has 0 atom stereocenters. The second-order valence-electron chi connectivity index (χ2n) is 4.30. The number of amides is 1. The van der Waals surface area contributed by atoms with Crippen LogP contribution in [0, 0.1) is 5.82 Å². The molecule has 0 unspecified atom stereocenters. The number of halogens is 3. The Kier molecular flexibility index (Phi) is 5.88. The van der Waals surface area contributed by atoms with Crippen molar-refractivity contribution >= 4 is 29.9 Å². The molecule has 1 aromatic rings. The Morgan fingerprint density at radius 1 is 1.53 bits per heavy atom. The van der Waals surface area contributed by atoms with E-state index >= 15 is 0 Å². The molecule has 1 aromatic carbocycles. The number of carbonyl (C=O) groups is 1. The summed E-state index contributed by atoms with van der Waals surface area (Å²) in [4.78, 5) is 11.6. The first kappa shape index (κ1) is 16.2. The average molecular weight is 281 g/mol. The topological polar surface area (TPSA) is 55.1 Å². The van der Waals surface area contributed by atoms with Gasteiger partial charge in [-0.05, 0) is 32.0 Å². The van der Waals surface area contributed by atoms with Gasteiger partial charge in [-0.1, -0.05) is 11.6 Å². The monoisotopic (exact) mass is 280 g/mol. The van der Waals surface area contributed by atoms with E-state index in [0.717, 1.165) is 6.07 Å². The molecule has 0 saturated heterocycles. The van der Waals surface area contributed by atoms with Crippen LogP contribution in [-0.4, -0.2) is 18.0 Å². The number of hydrogen-bond donors (Lipinski definition) is 2. The summed E-state index contributed by atoms with van der Waals surface area (Å²) >= 11 is 5.68. The van der Waals surface area contributed by atoms with E-state index in [1.165, 1.54) is 12.1 Å². The zero-order chi connectivity index (χ0) is 12.3. The molecular formula is C11H15Cl2FN2O. The maximum Gasteiger partial charge on any atom is 0.254 e. The molecule has 0 saturated carbocycles. The Bertz CT molecular complexity index is 405. The third-order valence-corrected chi connectivity index (χ3v) is 2.11. The third-order valence-electron chi connectivity index (χ3n) is 1.88. The minimum atomic E-state index is -0.600. The Hall–Kier alpha value is -0.840. The van der Waals surface area contributed by atoms with Crippen molar-refractivity contribution in [1.29, 1.82) is 0 Å². The minimum absolute atomic E-state index is 0. The summed E-state index contributed by atoms with van der Waals surface area (Å²) in [6.07, 6.45) is 0. The molecule has 0 heterocycles. The van der Waals surface area contributed by atoms with Gasteiger partial charge in [-0.3, -0.25) is 4.79 Å². The fraction of sp³-hybridized carbons (Fsp3) is 0.364. The predicted molar refractivity (Wildman–Crippen MR) is 69.3 cm³/mol. The molecule has 1 rings (SSSR count). The second kappa shape index (κ2) is 6.19. The van der Waals surface area contributed by atoms with Crippen molar-refractivity contribution in [2.75, 3.05) is 6.54 Å². The van der Waals surface area contributed by atoms with E-state index in [0.29, 0.717) is 5.02 Å². The number of rotatable bonds is 3. The van der Waals surface area contributed by atoms with Crippen LogP contribution in [0.25, 0.3) is 0 Å². The van der Waals surface area contributed by atoms with Gasteiger partial charge in [-0.25, -0.2) is 4.39 Å².